The molecule has 7 heteroatoms. The quantitative estimate of drug-likeness (QED) is 0.261. The molecule has 4 rings (SSSR count). The first kappa shape index (κ1) is 24.1. The van der Waals surface area contributed by atoms with Gasteiger partial charge in [0.1, 0.15) is 0 Å². The Morgan fingerprint density at radius 2 is 1.36 bits per heavy atom. The molecule has 0 fully saturated rings. The molecule has 0 aliphatic rings. The fourth-order valence-corrected chi connectivity index (χ4v) is 3.48. The van der Waals surface area contributed by atoms with Gasteiger partial charge in [0.2, 0.25) is 5.91 Å². The number of anilines is 1. The molecule has 0 spiro atoms. The van der Waals surface area contributed by atoms with Crippen LogP contribution in [0.5, 0.6) is 0 Å². The molecule has 4 aromatic rings. The highest BCUT2D eigenvalue weighted by atomic mass is 32.1. The van der Waals surface area contributed by atoms with E-state index in [4.69, 9.17) is 5.73 Å². The molecule has 0 radical (unpaired) electrons. The molecule has 6 nitrogen and oxygen atoms in total. The van der Waals surface area contributed by atoms with E-state index in [0.29, 0.717) is 18.9 Å². The number of benzene rings is 3. The molecule has 1 amide bonds. The van der Waals surface area contributed by atoms with Crippen LogP contribution in [0.4, 0.5) is 5.95 Å². The number of aromatic nitrogens is 2. The molecule has 0 atom stereocenters. The number of nitrogen functional groups attached to an aromatic ring is 1. The third-order valence-electron chi connectivity index (χ3n) is 5.36. The number of imidazole rings is 1. The molecule has 1 aromatic heterocycles. The lowest BCUT2D eigenvalue weighted by Crippen LogP contribution is -2.24. The Morgan fingerprint density at radius 3 is 1.88 bits per heavy atom. The number of hydrogen-bond acceptors (Lipinski definition) is 5. The van der Waals surface area contributed by atoms with Crippen molar-refractivity contribution in [2.45, 2.75) is 26.3 Å². The van der Waals surface area contributed by atoms with Crippen molar-refractivity contribution in [3.8, 4) is 22.4 Å². The number of nitrogens with two attached hydrogens (primary N) is 2. The minimum Gasteiger partial charge on any atom is -0.369 e. The highest BCUT2D eigenvalue weighted by molar-refractivity contribution is 7.77. The summed E-state index contributed by atoms with van der Waals surface area (Å²) in [6.07, 6.45) is 3.11. The summed E-state index contributed by atoms with van der Waals surface area (Å²) < 4.78 is 0. The lowest BCUT2D eigenvalue weighted by atomic mass is 10.0. The second-order valence-electron chi connectivity index (χ2n) is 7.58. The number of nitrogens with one attached hydrogen (secondary N) is 2. The number of carbonyl (C=O) groups is 1. The van der Waals surface area contributed by atoms with Crippen molar-refractivity contribution in [2.75, 3.05) is 5.73 Å². The topological polar surface area (TPSA) is 110 Å². The van der Waals surface area contributed by atoms with E-state index in [9.17, 15) is 4.79 Å². The molecule has 0 saturated carbocycles. The van der Waals surface area contributed by atoms with Crippen molar-refractivity contribution in [3.63, 3.8) is 0 Å². The van der Waals surface area contributed by atoms with Crippen LogP contribution < -0.4 is 16.2 Å². The number of aromatic amines is 1. The fourth-order valence-electron chi connectivity index (χ4n) is 3.48. The predicted octanol–water partition coefficient (Wildman–Crippen LogP) is 4.54. The molecule has 0 aliphatic heterocycles. The van der Waals surface area contributed by atoms with E-state index in [0.717, 1.165) is 34.4 Å². The van der Waals surface area contributed by atoms with Gasteiger partial charge in [-0.05, 0) is 39.8 Å². The fraction of sp³-hybridized carbons (Fsp3) is 0.154. The standard InChI is InChI=1S/C26H26N4O.H3NS/c1-2-18-3-9-21(10-4-18)22-11-5-19(6-12-22)15-25(31)28-16-20-7-13-23(14-8-20)24-17-29-26(27)30-24;1-2/h3-14,17H,2,15-16H2,1H3,(H,28,31)(H3,27,29,30);2H,1H2. The summed E-state index contributed by atoms with van der Waals surface area (Å²) in [4.78, 5) is 19.4. The van der Waals surface area contributed by atoms with Crippen LogP contribution in [0.2, 0.25) is 0 Å². The van der Waals surface area contributed by atoms with Crippen molar-refractivity contribution < 1.29 is 4.79 Å². The zero-order valence-electron chi connectivity index (χ0n) is 18.6. The normalized spacial score (nSPS) is 10.3. The molecule has 0 saturated heterocycles. The summed E-state index contributed by atoms with van der Waals surface area (Å²) in [7, 11) is 0. The maximum Gasteiger partial charge on any atom is 0.224 e. The van der Waals surface area contributed by atoms with E-state index in [2.05, 4.69) is 76.6 Å². The smallest absolute Gasteiger partial charge is 0.224 e. The average Bonchev–Trinajstić information content (AvgIpc) is 3.31. The molecule has 170 valence electrons. The van der Waals surface area contributed by atoms with Gasteiger partial charge in [0.25, 0.3) is 0 Å². The molecule has 33 heavy (non-hydrogen) atoms. The minimum absolute atomic E-state index is 0.00506. The Hall–Kier alpha value is -3.55. The molecule has 6 N–H and O–H groups in total. The van der Waals surface area contributed by atoms with Gasteiger partial charge in [-0.1, -0.05) is 79.7 Å². The van der Waals surface area contributed by atoms with Crippen molar-refractivity contribution in [3.05, 3.63) is 95.7 Å². The van der Waals surface area contributed by atoms with E-state index in [1.54, 1.807) is 6.20 Å². The molecular weight excluding hydrogens is 430 g/mol. The lowest BCUT2D eigenvalue weighted by Gasteiger charge is -2.08. The van der Waals surface area contributed by atoms with Crippen molar-refractivity contribution in [2.24, 2.45) is 5.14 Å². The van der Waals surface area contributed by atoms with E-state index < -0.39 is 0 Å². The second kappa shape index (κ2) is 11.9. The third kappa shape index (κ3) is 6.71. The van der Waals surface area contributed by atoms with Crippen LogP contribution in [0.1, 0.15) is 23.6 Å². The van der Waals surface area contributed by atoms with Crippen LogP contribution in [-0.2, 0) is 24.2 Å². The van der Waals surface area contributed by atoms with Gasteiger partial charge in [0, 0.05) is 6.54 Å². The molecule has 0 bridgehead atoms. The lowest BCUT2D eigenvalue weighted by molar-refractivity contribution is -0.120. The molecule has 0 unspecified atom stereocenters. The number of carbonyl (C=O) groups excluding carboxylic acids is 1. The Morgan fingerprint density at radius 1 is 0.848 bits per heavy atom. The Bertz CT molecular complexity index is 1150. The number of aryl methyl sites for hydroxylation is 1. The SMILES string of the molecule is CCc1ccc(-c2ccc(CC(=O)NCc3ccc(-c4cnc(N)[nH]4)cc3)cc2)cc1.NS. The van der Waals surface area contributed by atoms with E-state index in [1.165, 1.54) is 11.1 Å². The zero-order valence-corrected chi connectivity index (χ0v) is 19.5. The van der Waals surface area contributed by atoms with Crippen LogP contribution in [0.3, 0.4) is 0 Å². The summed E-state index contributed by atoms with van der Waals surface area (Å²) in [5.74, 6) is 0.402. The predicted molar refractivity (Wildman–Crippen MR) is 138 cm³/mol. The summed E-state index contributed by atoms with van der Waals surface area (Å²) in [6, 6.07) is 24.8. The summed E-state index contributed by atoms with van der Waals surface area (Å²) in [5.41, 5.74) is 13.2. The Labute approximate surface area is 200 Å². The highest BCUT2D eigenvalue weighted by Crippen LogP contribution is 2.21. The second-order valence-corrected chi connectivity index (χ2v) is 7.58. The largest absolute Gasteiger partial charge is 0.369 e. The summed E-state index contributed by atoms with van der Waals surface area (Å²) in [5, 5.41) is 7.19. The van der Waals surface area contributed by atoms with E-state index in [-0.39, 0.29) is 5.91 Å². The summed E-state index contributed by atoms with van der Waals surface area (Å²) >= 11 is 3.03. The van der Waals surface area contributed by atoms with Crippen molar-refractivity contribution in [1.29, 1.82) is 0 Å². The number of rotatable bonds is 7. The van der Waals surface area contributed by atoms with Gasteiger partial charge < -0.3 is 16.0 Å². The zero-order chi connectivity index (χ0) is 23.6. The molecular formula is C26H29N5OS. The van der Waals surface area contributed by atoms with Crippen LogP contribution in [-0.4, -0.2) is 15.9 Å². The molecule has 3 aromatic carbocycles. The number of H-pyrrole nitrogens is 1. The van der Waals surface area contributed by atoms with Gasteiger partial charge in [0.15, 0.2) is 5.95 Å². The number of amides is 1. The number of hydrogen-bond donors (Lipinski definition) is 5. The van der Waals surface area contributed by atoms with Crippen LogP contribution >= 0.6 is 12.8 Å². The third-order valence-corrected chi connectivity index (χ3v) is 5.36. The number of thiol groups is 1. The maximum absolute atomic E-state index is 12.4. The van der Waals surface area contributed by atoms with Crippen molar-refractivity contribution >= 4 is 24.7 Å². The van der Waals surface area contributed by atoms with Crippen LogP contribution in [0.25, 0.3) is 22.4 Å². The average molecular weight is 460 g/mol. The van der Waals surface area contributed by atoms with Crippen LogP contribution in [0, 0.1) is 0 Å². The van der Waals surface area contributed by atoms with Gasteiger partial charge in [-0.15, -0.1) is 12.8 Å². The van der Waals surface area contributed by atoms with Gasteiger partial charge >= 0.3 is 0 Å². The van der Waals surface area contributed by atoms with E-state index >= 15 is 0 Å². The first-order valence-electron chi connectivity index (χ1n) is 10.7. The van der Waals surface area contributed by atoms with Crippen LogP contribution in [0.15, 0.2) is 79.0 Å². The summed E-state index contributed by atoms with van der Waals surface area (Å²) in [6.45, 7) is 2.65. The monoisotopic (exact) mass is 459 g/mol. The molecule has 0 aliphatic carbocycles. The molecule has 1 heterocycles. The first-order chi connectivity index (χ1) is 16.1. The van der Waals surface area contributed by atoms with Crippen molar-refractivity contribution in [1.82, 2.24) is 15.3 Å². The Kier molecular flexibility index (Phi) is 8.69. The van der Waals surface area contributed by atoms with E-state index in [1.807, 2.05) is 36.4 Å². The Balaban J connectivity index is 0.00000149. The van der Waals surface area contributed by atoms with Gasteiger partial charge in [0.05, 0.1) is 18.3 Å². The van der Waals surface area contributed by atoms with Gasteiger partial charge in [-0.25, -0.2) is 4.98 Å². The first-order valence-corrected chi connectivity index (χ1v) is 11.2. The van der Waals surface area contributed by atoms with Gasteiger partial charge in [-0.2, -0.15) is 0 Å². The maximum atomic E-state index is 12.4. The van der Waals surface area contributed by atoms with Gasteiger partial charge in [-0.3, -0.25) is 9.93 Å². The minimum atomic E-state index is 0.00506. The number of nitrogens with zero attached hydrogens (tertiary/aromatic N) is 1. The highest BCUT2D eigenvalue weighted by Gasteiger charge is 2.06.